The topological polar surface area (TPSA) is 128 Å². The van der Waals surface area contributed by atoms with Gasteiger partial charge in [0.2, 0.25) is 5.92 Å². The van der Waals surface area contributed by atoms with Gasteiger partial charge in [0, 0.05) is 71.5 Å². The van der Waals surface area contributed by atoms with Gasteiger partial charge >= 0.3 is 0 Å². The highest BCUT2D eigenvalue weighted by Gasteiger charge is 2.45. The molecule has 0 bridgehead atoms. The predicted molar refractivity (Wildman–Crippen MR) is 182 cm³/mol. The van der Waals surface area contributed by atoms with Crippen LogP contribution in [0, 0.1) is 35.0 Å². The molecule has 4 N–H and O–H groups in total. The molecule has 53 heavy (non-hydrogen) atoms. The second-order valence-electron chi connectivity index (χ2n) is 13.4. The fourth-order valence-corrected chi connectivity index (χ4v) is 7.86. The van der Waals surface area contributed by atoms with Crippen molar-refractivity contribution in [2.24, 2.45) is 5.92 Å². The molecule has 3 aromatic heterocycles. The molecular weight excluding hydrogens is 707 g/mol. The second kappa shape index (κ2) is 13.0. The number of nitrogens with one attached hydrogen (secondary N) is 4. The summed E-state index contributed by atoms with van der Waals surface area (Å²) in [7, 11) is 0. The Morgan fingerprint density at radius 1 is 0.717 bits per heavy atom. The summed E-state index contributed by atoms with van der Waals surface area (Å²) in [4.78, 5) is 28.5. The van der Waals surface area contributed by atoms with Gasteiger partial charge in [-0.15, -0.1) is 0 Å². The lowest BCUT2D eigenvalue weighted by Gasteiger charge is -2.41. The summed E-state index contributed by atoms with van der Waals surface area (Å²) in [5.41, 5.74) is 0.870. The van der Waals surface area contributed by atoms with E-state index < -0.39 is 82.4 Å². The van der Waals surface area contributed by atoms with Crippen LogP contribution in [0.2, 0.25) is 0 Å². The monoisotopic (exact) mass is 735 g/mol. The number of rotatable bonds is 3. The van der Waals surface area contributed by atoms with E-state index in [1.807, 2.05) is 18.2 Å². The molecule has 9 rings (SSSR count). The van der Waals surface area contributed by atoms with Gasteiger partial charge < -0.3 is 10.6 Å². The number of nitrogens with zero attached hydrogens (tertiary/aromatic N) is 3. The van der Waals surface area contributed by atoms with E-state index in [1.54, 1.807) is 6.20 Å². The average molecular weight is 736 g/mol. The molecule has 3 atom stereocenters. The molecule has 1 aliphatic carbocycles. The summed E-state index contributed by atoms with van der Waals surface area (Å²) in [5.74, 6) is -9.11. The quantitative estimate of drug-likeness (QED) is 0.141. The zero-order valence-electron chi connectivity index (χ0n) is 27.4. The molecule has 1 saturated carbocycles. The van der Waals surface area contributed by atoms with Crippen LogP contribution in [0.25, 0.3) is 21.5 Å². The number of hydrogen-bond acceptors (Lipinski definition) is 7. The number of anilines is 2. The summed E-state index contributed by atoms with van der Waals surface area (Å²) in [6.45, 7) is 0.557. The van der Waals surface area contributed by atoms with Crippen molar-refractivity contribution in [1.82, 2.24) is 25.4 Å². The lowest BCUT2D eigenvalue weighted by molar-refractivity contribution is -0.0481. The standard InChI is InChI=1S/C22H17F6N3O.C15H11FN4O/c23-10-5-12-16-15(8-10)29-19(9-1-3-22(27,28)4-2-9)18(20(16)30-31-21(12)32)17-13(25)6-11(24)7-14(17)26;16-8-5-9-13-12(6-8)18-7-10(11-3-1-2-4-17-11)14(13)19-20-15(9)21/h5-9,18-19,29H,1-4H2,(H,31,32);1-6,10,18H,7H2,(H,20,21). The van der Waals surface area contributed by atoms with E-state index in [0.29, 0.717) is 35.1 Å². The molecule has 3 aromatic carbocycles. The minimum atomic E-state index is -2.83. The third-order valence-electron chi connectivity index (χ3n) is 10.2. The van der Waals surface area contributed by atoms with E-state index in [4.69, 9.17) is 0 Å². The Morgan fingerprint density at radius 2 is 1.30 bits per heavy atom. The van der Waals surface area contributed by atoms with E-state index >= 15 is 0 Å². The minimum absolute atomic E-state index is 0.0583. The first-order chi connectivity index (χ1) is 25.4. The molecule has 272 valence electrons. The maximum Gasteiger partial charge on any atom is 0.272 e. The summed E-state index contributed by atoms with van der Waals surface area (Å²) >= 11 is 0. The van der Waals surface area contributed by atoms with Gasteiger partial charge in [-0.05, 0) is 55.2 Å². The number of hydrogen-bond donors (Lipinski definition) is 4. The fourth-order valence-electron chi connectivity index (χ4n) is 7.86. The molecule has 0 spiro atoms. The van der Waals surface area contributed by atoms with Crippen LogP contribution in [0.3, 0.4) is 0 Å². The van der Waals surface area contributed by atoms with E-state index in [2.05, 4.69) is 36.0 Å². The predicted octanol–water partition coefficient (Wildman–Crippen LogP) is 7.25. The first-order valence-corrected chi connectivity index (χ1v) is 16.8. The maximum absolute atomic E-state index is 14.9. The van der Waals surface area contributed by atoms with Gasteiger partial charge in [-0.3, -0.25) is 14.6 Å². The number of pyridine rings is 1. The molecule has 0 amide bonds. The largest absolute Gasteiger partial charge is 0.383 e. The Kier molecular flexibility index (Phi) is 8.41. The van der Waals surface area contributed by atoms with Gasteiger partial charge in [0.1, 0.15) is 29.1 Å². The number of benzene rings is 3. The third kappa shape index (κ3) is 6.14. The lowest BCUT2D eigenvalue weighted by Crippen LogP contribution is -2.43. The fraction of sp³-hybridized carbons (Fsp3) is 0.270. The van der Waals surface area contributed by atoms with Crippen LogP contribution in [0.5, 0.6) is 0 Å². The number of alkyl halides is 2. The minimum Gasteiger partial charge on any atom is -0.383 e. The Bertz CT molecular complexity index is 2500. The van der Waals surface area contributed by atoms with Crippen LogP contribution < -0.4 is 21.8 Å². The number of aromatic amines is 2. The van der Waals surface area contributed by atoms with Crippen LogP contribution in [-0.4, -0.2) is 43.9 Å². The molecule has 0 radical (unpaired) electrons. The summed E-state index contributed by atoms with van der Waals surface area (Å²) in [6.07, 6.45) is 1.03. The van der Waals surface area contributed by atoms with Gasteiger partial charge in [0.15, 0.2) is 0 Å². The van der Waals surface area contributed by atoms with Gasteiger partial charge in [-0.25, -0.2) is 40.9 Å². The molecular formula is C37H28F7N7O2. The van der Waals surface area contributed by atoms with Gasteiger partial charge in [-0.2, -0.15) is 10.2 Å². The molecule has 9 nitrogen and oxygen atoms in total. The first-order valence-electron chi connectivity index (χ1n) is 16.8. The molecule has 3 aliphatic rings. The molecule has 1 fully saturated rings. The molecule has 2 aliphatic heterocycles. The summed E-state index contributed by atoms with van der Waals surface area (Å²) in [6, 6.07) is 10.7. The van der Waals surface area contributed by atoms with Crippen LogP contribution in [-0.2, 0) is 0 Å². The lowest BCUT2D eigenvalue weighted by atomic mass is 9.72. The van der Waals surface area contributed by atoms with Gasteiger partial charge in [0.05, 0.1) is 39.7 Å². The molecule has 0 saturated heterocycles. The normalized spacial score (nSPS) is 20.3. The number of H-pyrrole nitrogens is 2. The van der Waals surface area contributed by atoms with Crippen molar-refractivity contribution in [2.75, 3.05) is 17.2 Å². The van der Waals surface area contributed by atoms with E-state index in [0.717, 1.165) is 23.5 Å². The molecule has 5 heterocycles. The molecule has 6 aromatic rings. The smallest absolute Gasteiger partial charge is 0.272 e. The Hall–Kier alpha value is -5.80. The first kappa shape index (κ1) is 34.3. The van der Waals surface area contributed by atoms with E-state index in [1.165, 1.54) is 12.1 Å². The number of halogens is 7. The van der Waals surface area contributed by atoms with E-state index in [9.17, 15) is 40.3 Å². The van der Waals surface area contributed by atoms with Crippen molar-refractivity contribution in [2.45, 2.75) is 49.5 Å². The molecule has 16 heteroatoms. The van der Waals surface area contributed by atoms with Gasteiger partial charge in [-0.1, -0.05) is 6.07 Å². The molecule has 3 unspecified atom stereocenters. The van der Waals surface area contributed by atoms with Gasteiger partial charge in [0.25, 0.3) is 11.1 Å². The van der Waals surface area contributed by atoms with Crippen molar-refractivity contribution >= 4 is 32.9 Å². The Morgan fingerprint density at radius 3 is 1.92 bits per heavy atom. The van der Waals surface area contributed by atoms with Crippen molar-refractivity contribution in [3.63, 3.8) is 0 Å². The summed E-state index contributed by atoms with van der Waals surface area (Å²) in [5, 5.41) is 20.2. The highest BCUT2D eigenvalue weighted by atomic mass is 19.3. The van der Waals surface area contributed by atoms with Crippen LogP contribution >= 0.6 is 0 Å². The zero-order valence-corrected chi connectivity index (χ0v) is 27.4. The van der Waals surface area contributed by atoms with Crippen LogP contribution in [0.15, 0.2) is 70.4 Å². The van der Waals surface area contributed by atoms with Crippen molar-refractivity contribution in [3.05, 3.63) is 133 Å². The zero-order chi connectivity index (χ0) is 37.2. The Balaban J connectivity index is 0.000000164. The second-order valence-corrected chi connectivity index (χ2v) is 13.4. The summed E-state index contributed by atoms with van der Waals surface area (Å²) < 4.78 is 98.7. The third-order valence-corrected chi connectivity index (χ3v) is 10.2. The SMILES string of the molecule is O=c1[nH]nc2c3c(cc(F)cc13)NC(C1CCC(F)(F)CC1)C2c1c(F)cc(F)cc1F.O=c1[nH]nc2c3c(cc(F)cc13)NCC2c1ccccn1. The number of aromatic nitrogens is 5. The van der Waals surface area contributed by atoms with Crippen molar-refractivity contribution in [1.29, 1.82) is 0 Å². The highest BCUT2D eigenvalue weighted by Crippen LogP contribution is 2.48. The maximum atomic E-state index is 14.9. The average Bonchev–Trinajstić information content (AvgIpc) is 3.11. The van der Waals surface area contributed by atoms with Crippen LogP contribution in [0.4, 0.5) is 42.1 Å². The highest BCUT2D eigenvalue weighted by molar-refractivity contribution is 5.98. The Labute approximate surface area is 294 Å². The van der Waals surface area contributed by atoms with E-state index in [-0.39, 0.29) is 40.9 Å². The van der Waals surface area contributed by atoms with Crippen LogP contribution in [0.1, 0.15) is 60.2 Å². The van der Waals surface area contributed by atoms with Crippen molar-refractivity contribution < 1.29 is 30.7 Å². The van der Waals surface area contributed by atoms with Crippen molar-refractivity contribution in [3.8, 4) is 0 Å².